The summed E-state index contributed by atoms with van der Waals surface area (Å²) in [6.07, 6.45) is 0.654. The number of carbonyl (C=O) groups excluding carboxylic acids is 3. The molecule has 7 nitrogen and oxygen atoms in total. The molecule has 8 heteroatoms. The molecule has 0 aromatic heterocycles. The number of amides is 2. The van der Waals surface area contributed by atoms with Gasteiger partial charge >= 0.3 is 5.97 Å². The number of aryl methyl sites for hydroxylation is 1. The van der Waals surface area contributed by atoms with Gasteiger partial charge in [-0.1, -0.05) is 36.7 Å². The van der Waals surface area contributed by atoms with E-state index >= 15 is 0 Å². The smallest absolute Gasteiger partial charge is 0.343 e. The number of nitrogens with two attached hydrogens (primary N) is 1. The molecule has 1 aliphatic rings. The van der Waals surface area contributed by atoms with Gasteiger partial charge in [0.05, 0.1) is 11.3 Å². The van der Waals surface area contributed by atoms with E-state index in [9.17, 15) is 14.4 Å². The molecule has 3 aromatic carbocycles. The first-order valence-electron chi connectivity index (χ1n) is 10.2. The lowest BCUT2D eigenvalue weighted by molar-refractivity contribution is -0.120. The first-order valence-corrected chi connectivity index (χ1v) is 10.6. The largest absolute Gasteiger partial charge is 0.423 e. The molecule has 0 atom stereocenters. The summed E-state index contributed by atoms with van der Waals surface area (Å²) in [5, 5.41) is 2.70. The van der Waals surface area contributed by atoms with Crippen LogP contribution in [-0.4, -0.2) is 17.8 Å². The summed E-state index contributed by atoms with van der Waals surface area (Å²) >= 11 is 6.22. The Hall–Kier alpha value is -4.10. The normalized spacial score (nSPS) is 13.5. The number of imide groups is 1. The predicted octanol–water partition coefficient (Wildman–Crippen LogP) is 4.49. The fourth-order valence-corrected chi connectivity index (χ4v) is 3.61. The minimum absolute atomic E-state index is 0.0234. The Balaban J connectivity index is 1.49. The van der Waals surface area contributed by atoms with Crippen molar-refractivity contribution in [2.24, 2.45) is 0 Å². The number of hydrogen-bond donors (Lipinski definition) is 2. The van der Waals surface area contributed by atoms with Crippen LogP contribution >= 0.6 is 11.6 Å². The summed E-state index contributed by atoms with van der Waals surface area (Å²) in [5.74, 6) is -1.31. The highest BCUT2D eigenvalue weighted by molar-refractivity contribution is 6.53. The SMILES string of the molecule is CCc1ccccc1N1C(=O)C(Cl)=C(Nc2ccc(C(=O)Oc3ccc(N)cc3)cc2)C1=O. The zero-order valence-corrected chi connectivity index (χ0v) is 18.4. The van der Waals surface area contributed by atoms with Crippen LogP contribution in [0.25, 0.3) is 0 Å². The Kier molecular flexibility index (Phi) is 6.15. The molecule has 0 spiro atoms. The molecular formula is C25H20ClN3O4. The molecule has 0 saturated carbocycles. The molecule has 2 amide bonds. The van der Waals surface area contributed by atoms with Gasteiger partial charge in [0.1, 0.15) is 16.5 Å². The van der Waals surface area contributed by atoms with Gasteiger partial charge in [-0.3, -0.25) is 9.59 Å². The van der Waals surface area contributed by atoms with Gasteiger partial charge in [0.25, 0.3) is 11.8 Å². The second-order valence-electron chi connectivity index (χ2n) is 7.28. The highest BCUT2D eigenvalue weighted by Gasteiger charge is 2.39. The Bertz CT molecular complexity index is 1270. The van der Waals surface area contributed by atoms with Crippen molar-refractivity contribution in [2.75, 3.05) is 16.0 Å². The predicted molar refractivity (Wildman–Crippen MR) is 127 cm³/mol. The van der Waals surface area contributed by atoms with E-state index in [1.54, 1.807) is 60.7 Å². The van der Waals surface area contributed by atoms with Gasteiger partial charge < -0.3 is 15.8 Å². The second-order valence-corrected chi connectivity index (χ2v) is 7.66. The average molecular weight is 462 g/mol. The Morgan fingerprint density at radius 1 is 0.970 bits per heavy atom. The summed E-state index contributed by atoms with van der Waals surface area (Å²) in [6, 6.07) is 19.9. The summed E-state index contributed by atoms with van der Waals surface area (Å²) in [6.45, 7) is 1.94. The Morgan fingerprint density at radius 2 is 1.64 bits per heavy atom. The van der Waals surface area contributed by atoms with Crippen LogP contribution in [0.1, 0.15) is 22.8 Å². The van der Waals surface area contributed by atoms with Crippen molar-refractivity contribution in [1.82, 2.24) is 0 Å². The number of nitrogens with zero attached hydrogens (tertiary/aromatic N) is 1. The molecule has 0 saturated heterocycles. The number of halogens is 1. The number of anilines is 3. The van der Waals surface area contributed by atoms with Gasteiger partial charge in [0.15, 0.2) is 0 Å². The number of hydrogen-bond acceptors (Lipinski definition) is 6. The fourth-order valence-electron chi connectivity index (χ4n) is 3.39. The van der Waals surface area contributed by atoms with E-state index in [4.69, 9.17) is 22.1 Å². The summed E-state index contributed by atoms with van der Waals surface area (Å²) < 4.78 is 5.31. The lowest BCUT2D eigenvalue weighted by atomic mass is 10.1. The van der Waals surface area contributed by atoms with Crippen LogP contribution in [0.5, 0.6) is 5.75 Å². The topological polar surface area (TPSA) is 102 Å². The maximum atomic E-state index is 13.0. The van der Waals surface area contributed by atoms with Gasteiger partial charge in [-0.05, 0) is 66.6 Å². The zero-order valence-electron chi connectivity index (χ0n) is 17.7. The number of carbonyl (C=O) groups is 3. The van der Waals surface area contributed by atoms with Crippen LogP contribution in [0.2, 0.25) is 0 Å². The van der Waals surface area contributed by atoms with Gasteiger partial charge in [0, 0.05) is 11.4 Å². The quantitative estimate of drug-likeness (QED) is 0.243. The molecule has 1 aliphatic heterocycles. The number of ether oxygens (including phenoxy) is 1. The highest BCUT2D eigenvalue weighted by atomic mass is 35.5. The van der Waals surface area contributed by atoms with Gasteiger partial charge in [-0.25, -0.2) is 9.69 Å². The van der Waals surface area contributed by atoms with E-state index in [0.29, 0.717) is 34.8 Å². The summed E-state index contributed by atoms with van der Waals surface area (Å²) in [5.41, 5.74) is 8.33. The first kappa shape index (κ1) is 22.1. The van der Waals surface area contributed by atoms with Crippen molar-refractivity contribution in [3.8, 4) is 5.75 Å². The number of para-hydroxylation sites is 1. The van der Waals surface area contributed by atoms with Crippen molar-refractivity contribution < 1.29 is 19.1 Å². The molecule has 4 rings (SSSR count). The maximum absolute atomic E-state index is 13.0. The first-order chi connectivity index (χ1) is 15.9. The fraction of sp³-hybridized carbons (Fsp3) is 0.0800. The number of nitrogens with one attached hydrogen (secondary N) is 1. The van der Waals surface area contributed by atoms with E-state index in [-0.39, 0.29) is 10.7 Å². The van der Waals surface area contributed by atoms with Crippen LogP contribution in [0.3, 0.4) is 0 Å². The number of rotatable bonds is 6. The van der Waals surface area contributed by atoms with Crippen LogP contribution in [0, 0.1) is 0 Å². The molecule has 1 heterocycles. The molecule has 3 N–H and O–H groups in total. The van der Waals surface area contributed by atoms with Crippen molar-refractivity contribution >= 4 is 46.4 Å². The van der Waals surface area contributed by atoms with Crippen molar-refractivity contribution in [3.05, 3.63) is 94.7 Å². The van der Waals surface area contributed by atoms with Gasteiger partial charge in [-0.2, -0.15) is 0 Å². The molecule has 0 aliphatic carbocycles. The number of benzene rings is 3. The van der Waals surface area contributed by atoms with E-state index in [2.05, 4.69) is 5.32 Å². The Morgan fingerprint density at radius 3 is 2.30 bits per heavy atom. The minimum atomic E-state index is -0.589. The van der Waals surface area contributed by atoms with E-state index in [0.717, 1.165) is 10.5 Å². The lowest BCUT2D eigenvalue weighted by Gasteiger charge is -2.18. The van der Waals surface area contributed by atoms with E-state index in [1.807, 2.05) is 19.1 Å². The van der Waals surface area contributed by atoms with Crippen molar-refractivity contribution in [1.29, 1.82) is 0 Å². The Labute approximate surface area is 195 Å². The molecule has 3 aromatic rings. The molecular weight excluding hydrogens is 442 g/mol. The van der Waals surface area contributed by atoms with Crippen molar-refractivity contribution in [3.63, 3.8) is 0 Å². The monoisotopic (exact) mass is 461 g/mol. The molecule has 0 unspecified atom stereocenters. The molecule has 166 valence electrons. The van der Waals surface area contributed by atoms with Crippen LogP contribution in [-0.2, 0) is 16.0 Å². The minimum Gasteiger partial charge on any atom is -0.423 e. The summed E-state index contributed by atoms with van der Waals surface area (Å²) in [4.78, 5) is 39.2. The summed E-state index contributed by atoms with van der Waals surface area (Å²) in [7, 11) is 0. The van der Waals surface area contributed by atoms with E-state index in [1.165, 1.54) is 0 Å². The van der Waals surface area contributed by atoms with Crippen LogP contribution < -0.4 is 20.7 Å². The van der Waals surface area contributed by atoms with Gasteiger partial charge in [-0.15, -0.1) is 0 Å². The van der Waals surface area contributed by atoms with Crippen LogP contribution in [0.4, 0.5) is 17.1 Å². The lowest BCUT2D eigenvalue weighted by Crippen LogP contribution is -2.33. The third-order valence-corrected chi connectivity index (χ3v) is 5.47. The van der Waals surface area contributed by atoms with Gasteiger partial charge in [0.2, 0.25) is 0 Å². The standard InChI is InChI=1S/C25H20ClN3O4/c1-2-15-5-3-4-6-20(15)29-23(30)21(26)22(24(29)31)28-18-11-7-16(8-12-18)25(32)33-19-13-9-17(27)10-14-19/h3-14,28H,2,27H2,1H3. The maximum Gasteiger partial charge on any atom is 0.343 e. The molecule has 33 heavy (non-hydrogen) atoms. The van der Waals surface area contributed by atoms with E-state index < -0.39 is 17.8 Å². The van der Waals surface area contributed by atoms with Crippen molar-refractivity contribution in [2.45, 2.75) is 13.3 Å². The second kappa shape index (κ2) is 9.18. The zero-order chi connectivity index (χ0) is 23.5. The molecule has 0 radical (unpaired) electrons. The van der Waals surface area contributed by atoms with Crippen LogP contribution in [0.15, 0.2) is 83.5 Å². The third kappa shape index (κ3) is 4.44. The average Bonchev–Trinajstić information content (AvgIpc) is 3.04. The number of nitrogen functional groups attached to an aromatic ring is 1. The molecule has 0 fully saturated rings. The third-order valence-electron chi connectivity index (χ3n) is 5.12. The highest BCUT2D eigenvalue weighted by Crippen LogP contribution is 2.32. The number of esters is 1. The molecule has 0 bridgehead atoms.